The topological polar surface area (TPSA) is 46.2 Å². The maximum absolute atomic E-state index is 12.8. The third-order valence-electron chi connectivity index (χ3n) is 4.92. The van der Waals surface area contributed by atoms with Crippen molar-refractivity contribution in [3.63, 3.8) is 0 Å². The van der Waals surface area contributed by atoms with Gasteiger partial charge in [0.15, 0.2) is 0 Å². The second kappa shape index (κ2) is 6.56. The molecule has 4 aromatic rings. The summed E-state index contributed by atoms with van der Waals surface area (Å²) in [5, 5.41) is 3.28. The van der Waals surface area contributed by atoms with Crippen molar-refractivity contribution in [2.75, 3.05) is 0 Å². The Balaban J connectivity index is 1.38. The summed E-state index contributed by atoms with van der Waals surface area (Å²) in [6.45, 7) is 0. The van der Waals surface area contributed by atoms with E-state index in [4.69, 9.17) is 0 Å². The Morgan fingerprint density at radius 3 is 2.56 bits per heavy atom. The fourth-order valence-corrected chi connectivity index (χ4v) is 7.11. The molecule has 1 aliphatic rings. The summed E-state index contributed by atoms with van der Waals surface area (Å²) in [5.41, 5.74) is 2.30. The predicted molar refractivity (Wildman–Crippen MR) is 113 cm³/mol. The van der Waals surface area contributed by atoms with Gasteiger partial charge in [0, 0.05) is 37.9 Å². The molecule has 27 heavy (non-hydrogen) atoms. The van der Waals surface area contributed by atoms with Gasteiger partial charge in [0.05, 0.1) is 0 Å². The predicted octanol–water partition coefficient (Wildman–Crippen LogP) is 5.46. The number of hydrogen-bond donors (Lipinski definition) is 1. The maximum atomic E-state index is 12.8. The zero-order valence-corrected chi connectivity index (χ0v) is 16.8. The largest absolute Gasteiger partial charge is 0.250 e. The third kappa shape index (κ3) is 3.23. The molecule has 2 atom stereocenters. The summed E-state index contributed by atoms with van der Waals surface area (Å²) in [6.07, 6.45) is 0.858. The third-order valence-corrected chi connectivity index (χ3v) is 8.98. The van der Waals surface area contributed by atoms with Crippen LogP contribution in [0.2, 0.25) is 0 Å². The van der Waals surface area contributed by atoms with Crippen LogP contribution in [0.5, 0.6) is 0 Å². The number of thiophene rings is 2. The average Bonchev–Trinajstić information content (AvgIpc) is 3.09. The second-order valence-corrected chi connectivity index (χ2v) is 10.7. The summed E-state index contributed by atoms with van der Waals surface area (Å²) < 4.78 is 30.1. The summed E-state index contributed by atoms with van der Waals surface area (Å²) in [4.78, 5) is 0.989. The monoisotopic (exact) mass is 411 g/mol. The zero-order chi connectivity index (χ0) is 18.4. The SMILES string of the molecule is O=S(=O)(N[C@H]1C[C@@H]1c1ccccc1)c1ccc(-c2csc3ccccc23)s1. The van der Waals surface area contributed by atoms with Gasteiger partial charge < -0.3 is 0 Å². The lowest BCUT2D eigenvalue weighted by Gasteiger charge is -2.04. The van der Waals surface area contributed by atoms with Crippen molar-refractivity contribution in [1.82, 2.24) is 4.72 Å². The van der Waals surface area contributed by atoms with Crippen LogP contribution in [-0.2, 0) is 10.0 Å². The molecule has 1 saturated carbocycles. The molecule has 136 valence electrons. The molecular formula is C21H17NO2S3. The second-order valence-electron chi connectivity index (χ2n) is 6.74. The molecule has 6 heteroatoms. The normalized spacial score (nSPS) is 19.4. The van der Waals surface area contributed by atoms with Gasteiger partial charge in [0.1, 0.15) is 4.21 Å². The Hall–Kier alpha value is -1.99. The highest BCUT2D eigenvalue weighted by Crippen LogP contribution is 2.43. The molecule has 2 aromatic carbocycles. The van der Waals surface area contributed by atoms with Crippen molar-refractivity contribution < 1.29 is 8.42 Å². The van der Waals surface area contributed by atoms with Crippen LogP contribution in [-0.4, -0.2) is 14.5 Å². The molecule has 0 spiro atoms. The van der Waals surface area contributed by atoms with Crippen molar-refractivity contribution >= 4 is 42.8 Å². The van der Waals surface area contributed by atoms with E-state index in [2.05, 4.69) is 34.4 Å². The number of benzene rings is 2. The maximum Gasteiger partial charge on any atom is 0.250 e. The average molecular weight is 412 g/mol. The lowest BCUT2D eigenvalue weighted by atomic mass is 10.1. The van der Waals surface area contributed by atoms with Crippen LogP contribution >= 0.6 is 22.7 Å². The first-order chi connectivity index (χ1) is 13.1. The molecular weight excluding hydrogens is 394 g/mol. The summed E-state index contributed by atoms with van der Waals surface area (Å²) in [6, 6.07) is 21.9. The molecule has 3 nitrogen and oxygen atoms in total. The molecule has 1 aliphatic carbocycles. The molecule has 0 aliphatic heterocycles. The Kier molecular flexibility index (Phi) is 4.16. The molecule has 0 amide bonds. The van der Waals surface area contributed by atoms with Crippen LogP contribution in [0.15, 0.2) is 76.3 Å². The number of hydrogen-bond acceptors (Lipinski definition) is 4. The van der Waals surface area contributed by atoms with Gasteiger partial charge in [-0.25, -0.2) is 13.1 Å². The first-order valence-electron chi connectivity index (χ1n) is 8.75. The molecule has 0 bridgehead atoms. The van der Waals surface area contributed by atoms with Crippen LogP contribution in [0.1, 0.15) is 17.9 Å². The molecule has 5 rings (SSSR count). The fourth-order valence-electron chi connectivity index (χ4n) is 3.43. The molecule has 0 saturated heterocycles. The van der Waals surface area contributed by atoms with Crippen molar-refractivity contribution in [3.8, 4) is 10.4 Å². The molecule has 0 radical (unpaired) electrons. The minimum atomic E-state index is -3.49. The van der Waals surface area contributed by atoms with E-state index in [-0.39, 0.29) is 12.0 Å². The van der Waals surface area contributed by atoms with Gasteiger partial charge >= 0.3 is 0 Å². The first-order valence-corrected chi connectivity index (χ1v) is 11.9. The highest BCUT2D eigenvalue weighted by molar-refractivity contribution is 7.91. The molecule has 0 unspecified atom stereocenters. The number of nitrogens with one attached hydrogen (secondary N) is 1. The molecule has 2 aromatic heterocycles. The van der Waals surface area contributed by atoms with Gasteiger partial charge in [-0.2, -0.15) is 0 Å². The van der Waals surface area contributed by atoms with Crippen molar-refractivity contribution in [2.45, 2.75) is 22.6 Å². The van der Waals surface area contributed by atoms with E-state index in [1.807, 2.05) is 36.4 Å². The Bertz CT molecular complexity index is 1210. The summed E-state index contributed by atoms with van der Waals surface area (Å²) >= 11 is 3.02. The van der Waals surface area contributed by atoms with E-state index in [1.54, 1.807) is 17.4 Å². The minimum absolute atomic E-state index is 0.00933. The number of rotatable bonds is 5. The van der Waals surface area contributed by atoms with Gasteiger partial charge in [-0.15, -0.1) is 22.7 Å². The van der Waals surface area contributed by atoms with Crippen molar-refractivity contribution in [3.05, 3.63) is 77.7 Å². The standard InChI is InChI=1S/C21H17NO2S3/c23-27(24,22-18-12-16(18)14-6-2-1-3-7-14)21-11-10-20(26-21)17-13-25-19-9-5-4-8-15(17)19/h1-11,13,16,18,22H,12H2/t16-,18+/m1/s1. The number of fused-ring (bicyclic) bond motifs is 1. The van der Waals surface area contributed by atoms with Gasteiger partial charge in [-0.3, -0.25) is 0 Å². The lowest BCUT2D eigenvalue weighted by molar-refractivity contribution is 0.582. The fraction of sp³-hybridized carbons (Fsp3) is 0.143. The molecule has 1 N–H and O–H groups in total. The minimum Gasteiger partial charge on any atom is -0.207 e. The Morgan fingerprint density at radius 2 is 1.70 bits per heavy atom. The first kappa shape index (κ1) is 17.1. The Labute approximate surface area is 166 Å². The highest BCUT2D eigenvalue weighted by atomic mass is 32.2. The Morgan fingerprint density at radius 1 is 0.926 bits per heavy atom. The quantitative estimate of drug-likeness (QED) is 0.474. The molecule has 2 heterocycles. The molecule has 1 fully saturated rings. The van der Waals surface area contributed by atoms with Gasteiger partial charge in [-0.05, 0) is 30.2 Å². The van der Waals surface area contributed by atoms with Crippen LogP contribution in [0.3, 0.4) is 0 Å². The van der Waals surface area contributed by atoms with E-state index >= 15 is 0 Å². The van der Waals surface area contributed by atoms with Crippen LogP contribution in [0.4, 0.5) is 0 Å². The van der Waals surface area contributed by atoms with Crippen molar-refractivity contribution in [1.29, 1.82) is 0 Å². The summed E-state index contributed by atoms with van der Waals surface area (Å²) in [7, 11) is -3.49. The van der Waals surface area contributed by atoms with Crippen LogP contribution in [0.25, 0.3) is 20.5 Å². The highest BCUT2D eigenvalue weighted by Gasteiger charge is 2.41. The van der Waals surface area contributed by atoms with E-state index in [0.29, 0.717) is 4.21 Å². The lowest BCUT2D eigenvalue weighted by Crippen LogP contribution is -2.26. The van der Waals surface area contributed by atoms with Gasteiger partial charge in [0.2, 0.25) is 10.0 Å². The van der Waals surface area contributed by atoms with E-state index < -0.39 is 10.0 Å². The zero-order valence-electron chi connectivity index (χ0n) is 14.3. The summed E-state index contributed by atoms with van der Waals surface area (Å²) in [5.74, 6) is 0.279. The van der Waals surface area contributed by atoms with Crippen LogP contribution < -0.4 is 4.72 Å². The van der Waals surface area contributed by atoms with Crippen molar-refractivity contribution in [2.24, 2.45) is 0 Å². The van der Waals surface area contributed by atoms with E-state index in [1.165, 1.54) is 27.0 Å². The van der Waals surface area contributed by atoms with Gasteiger partial charge in [0.25, 0.3) is 0 Å². The number of sulfonamides is 1. The van der Waals surface area contributed by atoms with E-state index in [0.717, 1.165) is 16.9 Å². The van der Waals surface area contributed by atoms with Crippen LogP contribution in [0, 0.1) is 0 Å². The van der Waals surface area contributed by atoms with E-state index in [9.17, 15) is 8.42 Å². The van der Waals surface area contributed by atoms with Gasteiger partial charge in [-0.1, -0.05) is 48.5 Å². The smallest absolute Gasteiger partial charge is 0.207 e.